The molecule has 3 heteroatoms. The zero-order chi connectivity index (χ0) is 14.4. The molecule has 0 saturated heterocycles. The summed E-state index contributed by atoms with van der Waals surface area (Å²) in [7, 11) is 2.03. The second-order valence-electron chi connectivity index (χ2n) is 5.21. The molecule has 0 aliphatic heterocycles. The van der Waals surface area contributed by atoms with Crippen molar-refractivity contribution in [2.24, 2.45) is 0 Å². The predicted molar refractivity (Wildman–Crippen MR) is 81.7 cm³/mol. The van der Waals surface area contributed by atoms with Gasteiger partial charge in [0.25, 0.3) is 5.91 Å². The van der Waals surface area contributed by atoms with Gasteiger partial charge < -0.3 is 10.2 Å². The maximum Gasteiger partial charge on any atom is 0.279 e. The number of likely N-dealkylation sites (N-methyl/N-ethyl adjacent to an activating group) is 1. The van der Waals surface area contributed by atoms with Crippen molar-refractivity contribution >= 4 is 11.6 Å². The van der Waals surface area contributed by atoms with Crippen molar-refractivity contribution < 1.29 is 9.69 Å². The zero-order valence-electron chi connectivity index (χ0n) is 12.0. The normalized spacial score (nSPS) is 11.9. The van der Waals surface area contributed by atoms with Crippen molar-refractivity contribution in [3.05, 3.63) is 65.7 Å². The Hall–Kier alpha value is -2.13. The lowest BCUT2D eigenvalue weighted by molar-refractivity contribution is -0.885. The van der Waals surface area contributed by atoms with Crippen molar-refractivity contribution in [2.75, 3.05) is 18.9 Å². The van der Waals surface area contributed by atoms with Crippen molar-refractivity contribution in [1.29, 1.82) is 0 Å². The molecule has 0 heterocycles. The van der Waals surface area contributed by atoms with Crippen molar-refractivity contribution in [2.45, 2.75) is 13.5 Å². The number of amides is 1. The highest BCUT2D eigenvalue weighted by Crippen LogP contribution is 2.07. The highest BCUT2D eigenvalue weighted by molar-refractivity contribution is 5.91. The van der Waals surface area contributed by atoms with Crippen molar-refractivity contribution in [1.82, 2.24) is 0 Å². The largest absolute Gasteiger partial charge is 0.326 e. The number of benzene rings is 2. The zero-order valence-corrected chi connectivity index (χ0v) is 12.0. The van der Waals surface area contributed by atoms with Gasteiger partial charge in [0.15, 0.2) is 6.54 Å². The molecule has 3 nitrogen and oxygen atoms in total. The van der Waals surface area contributed by atoms with Crippen LogP contribution in [0.2, 0.25) is 0 Å². The molecule has 0 saturated carbocycles. The SMILES string of the molecule is Cc1ccc(NC(=O)C[NH+](C)Cc2ccccc2)cc1. The molecule has 1 amide bonds. The van der Waals surface area contributed by atoms with Crippen LogP contribution in [0.4, 0.5) is 5.69 Å². The highest BCUT2D eigenvalue weighted by Gasteiger charge is 2.10. The van der Waals surface area contributed by atoms with Crippen LogP contribution in [-0.4, -0.2) is 19.5 Å². The van der Waals surface area contributed by atoms with E-state index in [1.807, 2.05) is 56.4 Å². The van der Waals surface area contributed by atoms with Gasteiger partial charge in [0, 0.05) is 11.3 Å². The topological polar surface area (TPSA) is 33.5 Å². The summed E-state index contributed by atoms with van der Waals surface area (Å²) in [5.74, 6) is 0.0438. The van der Waals surface area contributed by atoms with E-state index in [1.54, 1.807) is 0 Å². The highest BCUT2D eigenvalue weighted by atomic mass is 16.2. The number of rotatable bonds is 5. The molecule has 0 bridgehead atoms. The molecule has 20 heavy (non-hydrogen) atoms. The van der Waals surface area contributed by atoms with E-state index in [0.717, 1.165) is 12.2 Å². The molecule has 1 unspecified atom stereocenters. The molecular weight excluding hydrogens is 248 g/mol. The molecule has 0 aromatic heterocycles. The van der Waals surface area contributed by atoms with E-state index < -0.39 is 0 Å². The monoisotopic (exact) mass is 269 g/mol. The van der Waals surface area contributed by atoms with Crippen LogP contribution in [0.5, 0.6) is 0 Å². The van der Waals surface area contributed by atoms with Crippen LogP contribution in [0.15, 0.2) is 54.6 Å². The minimum absolute atomic E-state index is 0.0438. The molecule has 2 rings (SSSR count). The van der Waals surface area contributed by atoms with E-state index in [9.17, 15) is 4.79 Å². The first-order valence-corrected chi connectivity index (χ1v) is 6.85. The molecule has 0 radical (unpaired) electrons. The number of anilines is 1. The van der Waals surface area contributed by atoms with Gasteiger partial charge in [-0.05, 0) is 19.1 Å². The summed E-state index contributed by atoms with van der Waals surface area (Å²) in [5, 5.41) is 2.93. The molecular formula is C17H21N2O+. The van der Waals surface area contributed by atoms with Crippen molar-refractivity contribution in [3.63, 3.8) is 0 Å². The van der Waals surface area contributed by atoms with Crippen LogP contribution in [0.3, 0.4) is 0 Å². The molecule has 104 valence electrons. The molecule has 2 aromatic rings. The maximum absolute atomic E-state index is 12.0. The number of quaternary nitrogens is 1. The van der Waals surface area contributed by atoms with E-state index in [-0.39, 0.29) is 5.91 Å². The Bertz CT molecular complexity index is 549. The molecule has 0 aliphatic rings. The Kier molecular flexibility index (Phi) is 4.91. The summed E-state index contributed by atoms with van der Waals surface area (Å²) < 4.78 is 0. The fourth-order valence-electron chi connectivity index (χ4n) is 2.12. The van der Waals surface area contributed by atoms with Gasteiger partial charge in [-0.3, -0.25) is 4.79 Å². The Labute approximate surface area is 120 Å². The smallest absolute Gasteiger partial charge is 0.279 e. The summed E-state index contributed by atoms with van der Waals surface area (Å²) >= 11 is 0. The Morgan fingerprint density at radius 2 is 1.70 bits per heavy atom. The van der Waals surface area contributed by atoms with Gasteiger partial charge in [0.2, 0.25) is 0 Å². The van der Waals surface area contributed by atoms with Crippen LogP contribution >= 0.6 is 0 Å². The van der Waals surface area contributed by atoms with Gasteiger partial charge in [-0.2, -0.15) is 0 Å². The third-order valence-corrected chi connectivity index (χ3v) is 3.15. The van der Waals surface area contributed by atoms with Crippen LogP contribution in [0.1, 0.15) is 11.1 Å². The van der Waals surface area contributed by atoms with Gasteiger partial charge in [-0.1, -0.05) is 48.0 Å². The van der Waals surface area contributed by atoms with Gasteiger partial charge in [-0.25, -0.2) is 0 Å². The Balaban J connectivity index is 1.83. The summed E-state index contributed by atoms with van der Waals surface area (Å²) in [5.41, 5.74) is 3.29. The average Bonchev–Trinajstić information content (AvgIpc) is 2.42. The molecule has 1 atom stereocenters. The van der Waals surface area contributed by atoms with Crippen LogP contribution in [0.25, 0.3) is 0 Å². The first-order chi connectivity index (χ1) is 9.63. The lowest BCUT2D eigenvalue weighted by atomic mass is 10.2. The van der Waals surface area contributed by atoms with Crippen molar-refractivity contribution in [3.8, 4) is 0 Å². The predicted octanol–water partition coefficient (Wildman–Crippen LogP) is 1.65. The quantitative estimate of drug-likeness (QED) is 0.850. The Morgan fingerprint density at radius 3 is 2.35 bits per heavy atom. The van der Waals surface area contributed by atoms with E-state index >= 15 is 0 Å². The molecule has 2 aromatic carbocycles. The van der Waals surface area contributed by atoms with Crippen LogP contribution in [-0.2, 0) is 11.3 Å². The lowest BCUT2D eigenvalue weighted by Gasteiger charge is -2.14. The first-order valence-electron chi connectivity index (χ1n) is 6.85. The fourth-order valence-corrected chi connectivity index (χ4v) is 2.12. The number of nitrogens with one attached hydrogen (secondary N) is 2. The molecule has 0 fully saturated rings. The van der Waals surface area contributed by atoms with Gasteiger partial charge >= 0.3 is 0 Å². The van der Waals surface area contributed by atoms with Crippen LogP contribution in [0, 0.1) is 6.92 Å². The molecule has 0 spiro atoms. The minimum Gasteiger partial charge on any atom is -0.326 e. The van der Waals surface area contributed by atoms with E-state index in [0.29, 0.717) is 6.54 Å². The minimum atomic E-state index is 0.0438. The molecule has 2 N–H and O–H groups in total. The summed E-state index contributed by atoms with van der Waals surface area (Å²) in [4.78, 5) is 13.1. The summed E-state index contributed by atoms with van der Waals surface area (Å²) in [6.45, 7) is 3.34. The third-order valence-electron chi connectivity index (χ3n) is 3.15. The fraction of sp³-hybridized carbons (Fsp3) is 0.235. The standard InChI is InChI=1S/C17H20N2O/c1-14-8-10-16(11-9-14)18-17(20)13-19(2)12-15-6-4-3-5-7-15/h3-11H,12-13H2,1-2H3,(H,18,20)/p+1. The van der Waals surface area contributed by atoms with Crippen LogP contribution < -0.4 is 10.2 Å². The van der Waals surface area contributed by atoms with Gasteiger partial charge in [0.05, 0.1) is 7.05 Å². The Morgan fingerprint density at radius 1 is 1.05 bits per heavy atom. The van der Waals surface area contributed by atoms with E-state index in [1.165, 1.54) is 16.0 Å². The van der Waals surface area contributed by atoms with Gasteiger partial charge in [-0.15, -0.1) is 0 Å². The number of hydrogen-bond acceptors (Lipinski definition) is 1. The number of carbonyl (C=O) groups is 1. The number of hydrogen-bond donors (Lipinski definition) is 2. The third kappa shape index (κ3) is 4.52. The number of carbonyl (C=O) groups excluding carboxylic acids is 1. The number of aryl methyl sites for hydroxylation is 1. The van der Waals surface area contributed by atoms with Gasteiger partial charge in [0.1, 0.15) is 6.54 Å². The first kappa shape index (κ1) is 14.3. The summed E-state index contributed by atoms with van der Waals surface area (Å²) in [6, 6.07) is 18.1. The second-order valence-corrected chi connectivity index (χ2v) is 5.21. The lowest BCUT2D eigenvalue weighted by Crippen LogP contribution is -3.08. The maximum atomic E-state index is 12.0. The average molecular weight is 269 g/mol. The van der Waals surface area contributed by atoms with E-state index in [2.05, 4.69) is 17.4 Å². The summed E-state index contributed by atoms with van der Waals surface area (Å²) in [6.07, 6.45) is 0. The van der Waals surface area contributed by atoms with E-state index in [4.69, 9.17) is 0 Å². The molecule has 0 aliphatic carbocycles. The second kappa shape index (κ2) is 6.87.